The number of imidazole rings is 1. The number of hydrogen-bond donors (Lipinski definition) is 3. The molecule has 17 heteroatoms. The van der Waals surface area contributed by atoms with Gasteiger partial charge in [-0.25, -0.2) is 28.1 Å². The number of anilines is 1. The number of piperidine rings is 1. The van der Waals surface area contributed by atoms with E-state index in [1.165, 1.54) is 88.8 Å². The number of benzene rings is 1. The number of rotatable bonds is 15. The number of thioether (sulfide) groups is 1. The zero-order valence-electron chi connectivity index (χ0n) is 43.1. The molecule has 3 aliphatic carbocycles. The summed E-state index contributed by atoms with van der Waals surface area (Å²) in [7, 11) is 3.34. The standard InChI is InChI=1S/C36H49F2N7OS.C15H22FNO3.C3H7N/c1-22(2)45-24(4)40-34-30(37)17-25(18-32(34)45)33-31(38)19-39-35(41-33)42-36(46)13-9-28(10-14-36)47-29-11-15-43(16-12-29)27-20-44(21-27)26-7-5-23(3)6-8-26;1-4-5-12(9-19)17(3)15(20)13-7-14(16)10(2)6-11(13)8-18;1-3-4-2/h9,13,17-19,22-23,26-29,46H,5-8,10-12,14-16,20-21H2,1-4H3,(H,39,41,42);7-13H,4-6H2,1-3H3;3-4H,1H2,2H3/t23?,26?,28?,36-;;/m0../s1. The van der Waals surface area contributed by atoms with Gasteiger partial charge in [-0.15, -0.1) is 0 Å². The smallest absolute Gasteiger partial charge is 0.230 e. The van der Waals surface area contributed by atoms with E-state index in [1.54, 1.807) is 25.3 Å². The quantitative estimate of drug-likeness (QED) is 0.0757. The third-order valence-corrected chi connectivity index (χ3v) is 16.7. The van der Waals surface area contributed by atoms with Gasteiger partial charge in [-0.05, 0) is 128 Å². The number of likely N-dealkylation sites (tertiary alicyclic amines) is 2. The second kappa shape index (κ2) is 25.4. The van der Waals surface area contributed by atoms with E-state index in [2.05, 4.69) is 55.0 Å². The molecule has 2 aromatic heterocycles. The van der Waals surface area contributed by atoms with E-state index in [0.29, 0.717) is 53.0 Å². The van der Waals surface area contributed by atoms with Crippen molar-refractivity contribution in [1.82, 2.24) is 39.5 Å². The van der Waals surface area contributed by atoms with Crippen molar-refractivity contribution in [2.75, 3.05) is 45.6 Å². The van der Waals surface area contributed by atoms with Gasteiger partial charge in [0.2, 0.25) is 11.9 Å². The SMILES string of the molecule is C=CNC.CCCC(C=O)N(C)C(=O)C1C=C(F)C(C)CC1C=O.Cc1nc2c(F)cc(-c3nc(N[C@]4(O)C=CC(SC5CCN(C6CN(C7CCC(C)CC7)C6)CC5)CC4)ncc3F)cc2n1C(C)C. The second-order valence-electron chi connectivity index (χ2n) is 20.7. The average Bonchev–Trinajstić information content (AvgIpc) is 3.69. The van der Waals surface area contributed by atoms with Crippen LogP contribution in [0.4, 0.5) is 19.1 Å². The summed E-state index contributed by atoms with van der Waals surface area (Å²) < 4.78 is 45.7. The fourth-order valence-electron chi connectivity index (χ4n) is 10.7. The van der Waals surface area contributed by atoms with Crippen LogP contribution in [-0.4, -0.2) is 132 Å². The Hall–Kier alpha value is -4.58. The first kappa shape index (κ1) is 55.7. The Kier molecular flexibility index (Phi) is 19.9. The molecule has 0 radical (unpaired) electrons. The predicted octanol–water partition coefficient (Wildman–Crippen LogP) is 9.43. The first-order chi connectivity index (χ1) is 33.9. The van der Waals surface area contributed by atoms with E-state index >= 15 is 8.78 Å². The van der Waals surface area contributed by atoms with E-state index in [0.717, 1.165) is 43.3 Å². The van der Waals surface area contributed by atoms with E-state index in [9.17, 15) is 23.9 Å². The zero-order valence-corrected chi connectivity index (χ0v) is 43.9. The summed E-state index contributed by atoms with van der Waals surface area (Å²) in [5.41, 5.74) is -0.241. The summed E-state index contributed by atoms with van der Waals surface area (Å²) in [5, 5.41) is 18.0. The first-order valence-corrected chi connectivity index (χ1v) is 26.7. The Morgan fingerprint density at radius 1 is 1.01 bits per heavy atom. The van der Waals surface area contributed by atoms with Gasteiger partial charge in [0.25, 0.3) is 0 Å². The number of hydrogen-bond acceptors (Lipinski definition) is 12. The molecule has 3 aromatic rings. The Morgan fingerprint density at radius 2 is 1.70 bits per heavy atom. The molecule has 4 heterocycles. The Labute approximate surface area is 423 Å². The minimum absolute atomic E-state index is 0.0288. The molecule has 6 atom stereocenters. The molecule has 0 bridgehead atoms. The number of halogens is 3. The molecule has 5 unspecified atom stereocenters. The number of amides is 1. The van der Waals surface area contributed by atoms with Gasteiger partial charge in [0.15, 0.2) is 17.4 Å². The summed E-state index contributed by atoms with van der Waals surface area (Å²) in [4.78, 5) is 54.2. The molecule has 2 aliphatic heterocycles. The van der Waals surface area contributed by atoms with Gasteiger partial charge in [-0.1, -0.05) is 39.8 Å². The number of aldehydes is 2. The van der Waals surface area contributed by atoms with Crippen molar-refractivity contribution < 1.29 is 32.7 Å². The number of likely N-dealkylation sites (N-methyl/N-ethyl adjacent to an activating group) is 1. The maximum Gasteiger partial charge on any atom is 0.230 e. The molecular formula is C54H78F3N9O4S. The molecule has 2 saturated heterocycles. The minimum atomic E-state index is -1.34. The van der Waals surface area contributed by atoms with Crippen LogP contribution in [0, 0.1) is 42.2 Å². The maximum atomic E-state index is 15.1. The van der Waals surface area contributed by atoms with Crippen LogP contribution >= 0.6 is 11.8 Å². The number of fused-ring (bicyclic) bond motifs is 1. The highest BCUT2D eigenvalue weighted by Crippen LogP contribution is 2.38. The average molecular weight is 1010 g/mol. The maximum absolute atomic E-state index is 15.1. The number of carbonyl (C=O) groups excluding carboxylic acids is 3. The molecule has 0 spiro atoms. The molecular weight excluding hydrogens is 928 g/mol. The highest BCUT2D eigenvalue weighted by molar-refractivity contribution is 8.00. The topological polar surface area (TPSA) is 149 Å². The number of aliphatic hydroxyl groups is 1. The summed E-state index contributed by atoms with van der Waals surface area (Å²) in [6.07, 6.45) is 20.2. The van der Waals surface area contributed by atoms with Crippen molar-refractivity contribution in [1.29, 1.82) is 0 Å². The van der Waals surface area contributed by atoms with Gasteiger partial charge in [-0.3, -0.25) is 14.6 Å². The van der Waals surface area contributed by atoms with Crippen LogP contribution < -0.4 is 10.6 Å². The number of allylic oxidation sites excluding steroid dienone is 1. The van der Waals surface area contributed by atoms with Crippen molar-refractivity contribution in [3.05, 3.63) is 72.6 Å². The molecule has 8 rings (SSSR count). The highest BCUT2D eigenvalue weighted by atomic mass is 32.2. The third kappa shape index (κ3) is 13.9. The summed E-state index contributed by atoms with van der Waals surface area (Å²) in [6, 6.07) is 4.07. The van der Waals surface area contributed by atoms with E-state index in [4.69, 9.17) is 0 Å². The number of aryl methyl sites for hydroxylation is 1. The van der Waals surface area contributed by atoms with Crippen LogP contribution in [0.2, 0.25) is 0 Å². The van der Waals surface area contributed by atoms with Crippen LogP contribution in [0.5, 0.6) is 0 Å². The molecule has 390 valence electrons. The summed E-state index contributed by atoms with van der Waals surface area (Å²) in [6.45, 7) is 20.1. The van der Waals surface area contributed by atoms with E-state index < -0.39 is 35.2 Å². The van der Waals surface area contributed by atoms with Crippen molar-refractivity contribution >= 4 is 47.2 Å². The lowest BCUT2D eigenvalue weighted by atomic mass is 9.79. The zero-order chi connectivity index (χ0) is 51.6. The Bertz CT molecular complexity index is 2340. The van der Waals surface area contributed by atoms with Gasteiger partial charge in [0.1, 0.15) is 29.6 Å². The van der Waals surface area contributed by atoms with Gasteiger partial charge >= 0.3 is 0 Å². The van der Waals surface area contributed by atoms with Crippen LogP contribution in [0.25, 0.3) is 22.3 Å². The lowest BCUT2D eigenvalue weighted by molar-refractivity contribution is -0.140. The fraction of sp³-hybridized carbons (Fsp3) is 0.630. The molecule has 3 N–H and O–H groups in total. The van der Waals surface area contributed by atoms with Crippen molar-refractivity contribution in [3.63, 3.8) is 0 Å². The number of nitrogens with one attached hydrogen (secondary N) is 2. The predicted molar refractivity (Wildman–Crippen MR) is 278 cm³/mol. The van der Waals surface area contributed by atoms with E-state index in [-0.39, 0.29) is 40.9 Å². The largest absolute Gasteiger partial charge is 0.394 e. The highest BCUT2D eigenvalue weighted by Gasteiger charge is 2.40. The summed E-state index contributed by atoms with van der Waals surface area (Å²) >= 11 is 2.03. The molecule has 1 saturated carbocycles. The normalized spacial score (nSPS) is 26.7. The third-order valence-electron chi connectivity index (χ3n) is 15.1. The molecule has 5 aliphatic rings. The summed E-state index contributed by atoms with van der Waals surface area (Å²) in [5.74, 6) is -1.88. The van der Waals surface area contributed by atoms with Gasteiger partial charge in [0, 0.05) is 79.6 Å². The van der Waals surface area contributed by atoms with Crippen LogP contribution in [-0.2, 0) is 14.4 Å². The lowest BCUT2D eigenvalue weighted by Crippen LogP contribution is -2.63. The first-order valence-electron chi connectivity index (χ1n) is 25.8. The van der Waals surface area contributed by atoms with Crippen LogP contribution in [0.3, 0.4) is 0 Å². The molecule has 1 aromatic carbocycles. The molecule has 1 amide bonds. The van der Waals surface area contributed by atoms with Crippen molar-refractivity contribution in [3.8, 4) is 11.3 Å². The van der Waals surface area contributed by atoms with Gasteiger partial charge < -0.3 is 34.8 Å². The van der Waals surface area contributed by atoms with Crippen LogP contribution in [0.1, 0.15) is 117 Å². The Balaban J connectivity index is 0.000000287. The van der Waals surface area contributed by atoms with E-state index in [1.807, 2.05) is 51.1 Å². The van der Waals surface area contributed by atoms with Gasteiger partial charge in [-0.2, -0.15) is 11.8 Å². The van der Waals surface area contributed by atoms with Gasteiger partial charge in [0.05, 0.1) is 29.5 Å². The number of carbonyl (C=O) groups is 3. The lowest BCUT2D eigenvalue weighted by Gasteiger charge is -2.51. The molecule has 71 heavy (non-hydrogen) atoms. The van der Waals surface area contributed by atoms with Crippen LogP contribution in [0.15, 0.2) is 55.2 Å². The Morgan fingerprint density at radius 3 is 2.30 bits per heavy atom. The fourth-order valence-corrected chi connectivity index (χ4v) is 12.1. The minimum Gasteiger partial charge on any atom is -0.394 e. The number of aromatic nitrogens is 4. The number of nitrogens with zero attached hydrogens (tertiary/aromatic N) is 7. The van der Waals surface area contributed by atoms with Crippen molar-refractivity contribution in [2.45, 2.75) is 153 Å². The van der Waals surface area contributed by atoms with Crippen molar-refractivity contribution in [2.24, 2.45) is 23.7 Å². The monoisotopic (exact) mass is 1010 g/mol. The molecule has 13 nitrogen and oxygen atoms in total. The molecule has 3 fully saturated rings. The second-order valence-corrected chi connectivity index (χ2v) is 22.2.